The van der Waals surface area contributed by atoms with Crippen molar-refractivity contribution in [1.82, 2.24) is 10.6 Å². The Bertz CT molecular complexity index is 1380. The molecule has 1 aliphatic heterocycles. The second-order valence-corrected chi connectivity index (χ2v) is 9.92. The van der Waals surface area contributed by atoms with Gasteiger partial charge in [0.05, 0.1) is 5.56 Å². The summed E-state index contributed by atoms with van der Waals surface area (Å²) >= 11 is 0. The van der Waals surface area contributed by atoms with Gasteiger partial charge in [0, 0.05) is 33.0 Å². The van der Waals surface area contributed by atoms with E-state index in [4.69, 9.17) is 10.2 Å². The van der Waals surface area contributed by atoms with E-state index < -0.39 is 18.2 Å². The Hall–Kier alpha value is -5.39. The molecule has 206 valence electrons. The van der Waals surface area contributed by atoms with E-state index in [-0.39, 0.29) is 22.6 Å². The van der Waals surface area contributed by atoms with E-state index in [2.05, 4.69) is 36.6 Å². The van der Waals surface area contributed by atoms with E-state index in [1.165, 1.54) is 24.3 Å². The zero-order chi connectivity index (χ0) is 28.9. The molecule has 3 aromatic carbocycles. The Balaban J connectivity index is 1.53. The van der Waals surface area contributed by atoms with Crippen LogP contribution in [-0.2, 0) is 0 Å². The van der Waals surface area contributed by atoms with Crippen LogP contribution in [0.5, 0.6) is 0 Å². The van der Waals surface area contributed by atoms with Crippen molar-refractivity contribution >= 4 is 46.8 Å². The topological polar surface area (TPSA) is 179 Å². The molecule has 3 aromatic rings. The summed E-state index contributed by atoms with van der Waals surface area (Å²) in [6.07, 6.45) is -0.770. The third-order valence-electron chi connectivity index (χ3n) is 5.48. The number of benzene rings is 3. The molecule has 1 atom stereocenters. The van der Waals surface area contributed by atoms with Crippen molar-refractivity contribution in [3.8, 4) is 0 Å². The van der Waals surface area contributed by atoms with Gasteiger partial charge in [-0.05, 0) is 93.6 Å². The first-order valence-electron chi connectivity index (χ1n) is 12.3. The van der Waals surface area contributed by atoms with Gasteiger partial charge in [0.25, 0.3) is 5.91 Å². The Kier molecular flexibility index (Phi) is 7.99. The van der Waals surface area contributed by atoms with Crippen LogP contribution in [0.1, 0.15) is 51.8 Å². The highest BCUT2D eigenvalue weighted by atomic mass is 16.4. The van der Waals surface area contributed by atoms with Crippen molar-refractivity contribution < 1.29 is 24.6 Å². The van der Waals surface area contributed by atoms with Gasteiger partial charge in [-0.25, -0.2) is 14.8 Å². The molecule has 0 radical (unpaired) electrons. The lowest BCUT2D eigenvalue weighted by Crippen LogP contribution is -2.45. The van der Waals surface area contributed by atoms with Crippen molar-refractivity contribution in [1.29, 1.82) is 0 Å². The highest BCUT2D eigenvalue weighted by molar-refractivity contribution is 6.11. The van der Waals surface area contributed by atoms with Crippen molar-refractivity contribution in [3.05, 3.63) is 89.5 Å². The molecule has 0 bridgehead atoms. The number of anilines is 3. The Labute approximate surface area is 230 Å². The first kappa shape index (κ1) is 27.6. The van der Waals surface area contributed by atoms with Gasteiger partial charge in [0.2, 0.25) is 18.2 Å². The minimum absolute atomic E-state index is 0.154. The number of carboxylic acids is 1. The molecule has 0 aromatic heterocycles. The summed E-state index contributed by atoms with van der Waals surface area (Å²) < 4.78 is 0. The summed E-state index contributed by atoms with van der Waals surface area (Å²) in [5.74, 6) is -1.32. The van der Waals surface area contributed by atoms with Gasteiger partial charge < -0.3 is 31.5 Å². The van der Waals surface area contributed by atoms with Crippen molar-refractivity contribution in [2.45, 2.75) is 32.6 Å². The molecule has 0 saturated heterocycles. The van der Waals surface area contributed by atoms with Gasteiger partial charge in [-0.2, -0.15) is 0 Å². The second-order valence-electron chi connectivity index (χ2n) is 9.92. The minimum atomic E-state index is -1.03. The number of aliphatic imine (C=N–C) groups is 2. The standard InChI is InChI=1S/C28H29N7O5/c1-28(2,3)35-22(36)16-4-10-19(11-5-16)29-25-32-26(30-20-12-6-17(7-13-20)23(37)38)34-27(33-25)31-21-14-8-18(9-15-21)24(39)40/h4-15,25,29H,1-3H3,(H,35,36)(H,37,38)(H,39,40)(H3,30,31,32,33,34)/p+1. The van der Waals surface area contributed by atoms with Gasteiger partial charge in [0.1, 0.15) is 5.56 Å². The van der Waals surface area contributed by atoms with Gasteiger partial charge >= 0.3 is 11.9 Å². The lowest BCUT2D eigenvalue weighted by molar-refractivity contribution is 0.0686. The molecule has 0 saturated carbocycles. The lowest BCUT2D eigenvalue weighted by atomic mass is 10.1. The third kappa shape index (κ3) is 7.57. The highest BCUT2D eigenvalue weighted by Crippen LogP contribution is 2.16. The molecule has 0 fully saturated rings. The number of carbonyl (C=O) groups is 3. The van der Waals surface area contributed by atoms with Crippen molar-refractivity contribution in [3.63, 3.8) is 0 Å². The van der Waals surface area contributed by atoms with Crippen LogP contribution in [-0.4, -0.2) is 51.8 Å². The van der Waals surface area contributed by atoms with Gasteiger partial charge in [-0.1, -0.05) is 0 Å². The number of nitrogens with zero attached hydrogens (tertiary/aromatic N) is 2. The first-order chi connectivity index (χ1) is 18.9. The summed E-state index contributed by atoms with van der Waals surface area (Å²) in [6.45, 7) is 5.74. The van der Waals surface area contributed by atoms with E-state index >= 15 is 0 Å². The molecular weight excluding hydrogens is 514 g/mol. The number of carboxylic acid groups (broad SMARTS) is 1. The fourth-order valence-corrected chi connectivity index (χ4v) is 3.60. The average Bonchev–Trinajstić information content (AvgIpc) is 2.88. The Morgan fingerprint density at radius 3 is 1.65 bits per heavy atom. The lowest BCUT2D eigenvalue weighted by Gasteiger charge is -2.24. The van der Waals surface area contributed by atoms with Crippen molar-refractivity contribution in [2.75, 3.05) is 16.0 Å². The first-order valence-corrected chi connectivity index (χ1v) is 12.3. The molecule has 4 rings (SSSR count). The number of carbonyl (C=O) groups excluding carboxylic acids is 2. The predicted molar refractivity (Wildman–Crippen MR) is 154 cm³/mol. The normalized spacial score (nSPS) is 14.6. The third-order valence-corrected chi connectivity index (χ3v) is 5.48. The van der Waals surface area contributed by atoms with E-state index in [1.807, 2.05) is 20.8 Å². The zero-order valence-corrected chi connectivity index (χ0v) is 22.1. The van der Waals surface area contributed by atoms with E-state index in [0.29, 0.717) is 34.5 Å². The molecule has 1 heterocycles. The molecular formula is C28H30N7O5+. The largest absolute Gasteiger partial charge is 0.561 e. The summed E-state index contributed by atoms with van der Waals surface area (Å²) in [4.78, 5) is 44.0. The molecule has 0 aliphatic carbocycles. The number of hydrogen-bond donors (Lipinski definition) is 6. The van der Waals surface area contributed by atoms with E-state index in [1.54, 1.807) is 48.5 Å². The van der Waals surface area contributed by atoms with Crippen molar-refractivity contribution in [2.24, 2.45) is 9.98 Å². The molecule has 1 aliphatic rings. The van der Waals surface area contributed by atoms with Crippen LogP contribution in [0.25, 0.3) is 0 Å². The number of guanidine groups is 2. The number of hydrogen-bond acceptors (Lipinski definition) is 9. The Morgan fingerprint density at radius 2 is 1.20 bits per heavy atom. The molecule has 0 spiro atoms. The number of nitrogens with one attached hydrogen (secondary N) is 5. The number of rotatable bonds is 7. The van der Waals surface area contributed by atoms with Crippen LogP contribution >= 0.6 is 0 Å². The van der Waals surface area contributed by atoms with Gasteiger partial charge in [-0.15, -0.1) is 0 Å². The molecule has 12 nitrogen and oxygen atoms in total. The maximum Gasteiger partial charge on any atom is 0.549 e. The predicted octanol–water partition coefficient (Wildman–Crippen LogP) is 3.01. The summed E-state index contributed by atoms with van der Waals surface area (Å²) in [5.41, 5.74) is 2.47. The van der Waals surface area contributed by atoms with Crippen LogP contribution in [0.2, 0.25) is 0 Å². The number of aromatic carboxylic acids is 1. The summed E-state index contributed by atoms with van der Waals surface area (Å²) in [6, 6.07) is 19.5. The van der Waals surface area contributed by atoms with Crippen LogP contribution in [0.3, 0.4) is 0 Å². The fraction of sp³-hybridized carbons (Fsp3) is 0.179. The average molecular weight is 545 g/mol. The van der Waals surface area contributed by atoms with Crippen LogP contribution < -0.4 is 26.6 Å². The van der Waals surface area contributed by atoms with Gasteiger partial charge in [0.15, 0.2) is 0 Å². The van der Waals surface area contributed by atoms with Crippen LogP contribution in [0.15, 0.2) is 82.8 Å². The minimum Gasteiger partial charge on any atom is -0.561 e. The van der Waals surface area contributed by atoms with Gasteiger partial charge in [-0.3, -0.25) is 10.1 Å². The summed E-state index contributed by atoms with van der Waals surface area (Å²) in [5, 5.41) is 31.8. The zero-order valence-electron chi connectivity index (χ0n) is 22.1. The molecule has 40 heavy (non-hydrogen) atoms. The fourth-order valence-electron chi connectivity index (χ4n) is 3.60. The quantitative estimate of drug-likeness (QED) is 0.246. The van der Waals surface area contributed by atoms with Crippen LogP contribution in [0.4, 0.5) is 17.1 Å². The maximum atomic E-state index is 12.4. The van der Waals surface area contributed by atoms with E-state index in [9.17, 15) is 14.4 Å². The maximum absolute atomic E-state index is 12.4. The second kappa shape index (κ2) is 11.6. The molecule has 1 unspecified atom stereocenters. The highest BCUT2D eigenvalue weighted by Gasteiger charge is 2.19. The molecule has 12 heteroatoms. The molecule has 8 N–H and O–H groups in total. The SMILES string of the molecule is CC(C)(C)NC(=O)c1ccc(NC2N=C(Nc3ccc(C(=O)O)cc3)NC(Nc3ccc(C(=O)[OH2+])cc3)=N2)cc1. The monoisotopic (exact) mass is 544 g/mol. The smallest absolute Gasteiger partial charge is 0.549 e. The van der Waals surface area contributed by atoms with E-state index in [0.717, 1.165) is 0 Å². The molecule has 1 amide bonds. The Morgan fingerprint density at radius 1 is 0.750 bits per heavy atom. The number of amides is 1. The van der Waals surface area contributed by atoms with Crippen LogP contribution in [0, 0.1) is 0 Å². The summed E-state index contributed by atoms with van der Waals surface area (Å²) in [7, 11) is 0.